The van der Waals surface area contributed by atoms with Gasteiger partial charge in [0.1, 0.15) is 23.9 Å². The number of ether oxygens (including phenoxy) is 2. The zero-order chi connectivity index (χ0) is 32.9. The van der Waals surface area contributed by atoms with E-state index >= 15 is 0 Å². The first kappa shape index (κ1) is 32.8. The van der Waals surface area contributed by atoms with Crippen LogP contribution in [0, 0.1) is 12.8 Å². The van der Waals surface area contributed by atoms with E-state index in [2.05, 4.69) is 34.3 Å². The van der Waals surface area contributed by atoms with E-state index in [4.69, 9.17) is 14.5 Å². The average molecular weight is 640 g/mol. The summed E-state index contributed by atoms with van der Waals surface area (Å²) in [7, 11) is 0. The fourth-order valence-electron chi connectivity index (χ4n) is 7.54. The highest BCUT2D eigenvalue weighted by Crippen LogP contribution is 2.39. The first-order valence-electron chi connectivity index (χ1n) is 17.4. The van der Waals surface area contributed by atoms with E-state index in [1.165, 1.54) is 5.56 Å². The molecule has 2 fully saturated rings. The average Bonchev–Trinajstić information content (AvgIpc) is 3.74. The second-order valence-electron chi connectivity index (χ2n) is 13.2. The van der Waals surface area contributed by atoms with Crippen LogP contribution in [0.1, 0.15) is 89.9 Å². The van der Waals surface area contributed by atoms with Crippen LogP contribution in [0.25, 0.3) is 0 Å². The van der Waals surface area contributed by atoms with E-state index < -0.39 is 0 Å². The van der Waals surface area contributed by atoms with Crippen molar-refractivity contribution in [3.63, 3.8) is 0 Å². The van der Waals surface area contributed by atoms with Gasteiger partial charge in [-0.25, -0.2) is 4.98 Å². The van der Waals surface area contributed by atoms with Crippen LogP contribution < -0.4 is 25.0 Å². The molecule has 47 heavy (non-hydrogen) atoms. The van der Waals surface area contributed by atoms with Gasteiger partial charge < -0.3 is 29.9 Å². The molecule has 2 aromatic carbocycles. The van der Waals surface area contributed by atoms with Gasteiger partial charge in [-0.05, 0) is 100.0 Å². The summed E-state index contributed by atoms with van der Waals surface area (Å²) in [5.74, 6) is 2.93. The summed E-state index contributed by atoms with van der Waals surface area (Å²) in [5, 5.41) is 6.44. The predicted molar refractivity (Wildman–Crippen MR) is 185 cm³/mol. The molecule has 2 N–H and O–H groups in total. The van der Waals surface area contributed by atoms with Gasteiger partial charge in [0.15, 0.2) is 0 Å². The molecule has 250 valence electrons. The van der Waals surface area contributed by atoms with E-state index in [1.807, 2.05) is 62.4 Å². The summed E-state index contributed by atoms with van der Waals surface area (Å²) in [6, 6.07) is 16.0. The van der Waals surface area contributed by atoms with Crippen LogP contribution in [0.4, 0.5) is 5.82 Å². The van der Waals surface area contributed by atoms with Gasteiger partial charge >= 0.3 is 0 Å². The van der Waals surface area contributed by atoms with Crippen molar-refractivity contribution >= 4 is 17.6 Å². The second kappa shape index (κ2) is 14.8. The lowest BCUT2D eigenvalue weighted by Crippen LogP contribution is -2.43. The number of hydrogen-bond acceptors (Lipinski definition) is 7. The van der Waals surface area contributed by atoms with Crippen LogP contribution in [-0.2, 0) is 6.42 Å². The van der Waals surface area contributed by atoms with Crippen molar-refractivity contribution in [1.82, 2.24) is 20.5 Å². The van der Waals surface area contributed by atoms with Crippen LogP contribution in [0.5, 0.6) is 11.5 Å². The van der Waals surface area contributed by atoms with Gasteiger partial charge in [0, 0.05) is 48.9 Å². The molecular weight excluding hydrogens is 590 g/mol. The molecule has 6 rings (SSSR count). The number of aromatic nitrogens is 1. The molecular formula is C38H49N5O4. The molecule has 0 bridgehead atoms. The fourth-order valence-corrected chi connectivity index (χ4v) is 7.54. The number of likely N-dealkylation sites (N-methyl/N-ethyl adjacent to an activating group) is 1. The highest BCUT2D eigenvalue weighted by atomic mass is 16.5. The smallest absolute Gasteiger partial charge is 0.253 e. The van der Waals surface area contributed by atoms with E-state index in [-0.39, 0.29) is 23.9 Å². The number of carbonyl (C=O) groups excluding carboxylic acids is 2. The Bertz CT molecular complexity index is 1540. The van der Waals surface area contributed by atoms with Crippen molar-refractivity contribution in [2.75, 3.05) is 44.3 Å². The van der Waals surface area contributed by atoms with Crippen molar-refractivity contribution in [3.05, 3.63) is 82.5 Å². The van der Waals surface area contributed by atoms with Crippen molar-refractivity contribution in [1.29, 1.82) is 0 Å². The maximum atomic E-state index is 13.3. The highest BCUT2D eigenvalue weighted by Gasteiger charge is 2.41. The molecule has 1 saturated carbocycles. The van der Waals surface area contributed by atoms with Crippen LogP contribution in [0.3, 0.4) is 0 Å². The SMILES string of the molecule is CCN(CC)CCOc1ccc([C@H](C)NC(=O)c2ccc(N3CCCC4CC(NC(=O)c5ccc6c(c5C)OCC6)CC43)nc2)cc1. The molecule has 3 unspecified atom stereocenters. The number of piperidine rings is 1. The van der Waals surface area contributed by atoms with Gasteiger partial charge in [0.25, 0.3) is 11.8 Å². The largest absolute Gasteiger partial charge is 0.493 e. The lowest BCUT2D eigenvalue weighted by Gasteiger charge is -2.38. The van der Waals surface area contributed by atoms with Gasteiger partial charge in [0.2, 0.25) is 0 Å². The molecule has 9 nitrogen and oxygen atoms in total. The van der Waals surface area contributed by atoms with Crippen LogP contribution >= 0.6 is 0 Å². The third-order valence-corrected chi connectivity index (χ3v) is 10.3. The molecule has 3 aliphatic rings. The molecule has 9 heteroatoms. The summed E-state index contributed by atoms with van der Waals surface area (Å²) >= 11 is 0. The second-order valence-corrected chi connectivity index (χ2v) is 13.2. The van der Waals surface area contributed by atoms with Crippen molar-refractivity contribution in [2.45, 2.75) is 77.9 Å². The number of pyridine rings is 1. The van der Waals surface area contributed by atoms with Crippen LogP contribution in [0.15, 0.2) is 54.7 Å². The molecule has 1 aliphatic carbocycles. The Balaban J connectivity index is 1.02. The number of rotatable bonds is 12. The topological polar surface area (TPSA) is 96.0 Å². The number of benzene rings is 2. The number of fused-ring (bicyclic) bond motifs is 2. The molecule has 3 aromatic rings. The van der Waals surface area contributed by atoms with Crippen molar-refractivity contribution in [2.24, 2.45) is 5.92 Å². The molecule has 2 aliphatic heterocycles. The minimum Gasteiger partial charge on any atom is -0.493 e. The third-order valence-electron chi connectivity index (χ3n) is 10.3. The lowest BCUT2D eigenvalue weighted by molar-refractivity contribution is 0.0929. The van der Waals surface area contributed by atoms with Crippen LogP contribution in [-0.4, -0.2) is 73.2 Å². The minimum atomic E-state index is -0.159. The number of nitrogens with zero attached hydrogens (tertiary/aromatic N) is 3. The summed E-state index contributed by atoms with van der Waals surface area (Å²) in [6.07, 6.45) is 6.68. The summed E-state index contributed by atoms with van der Waals surface area (Å²) < 4.78 is 11.7. The predicted octanol–water partition coefficient (Wildman–Crippen LogP) is 5.71. The molecule has 3 heterocycles. The van der Waals surface area contributed by atoms with Gasteiger partial charge in [-0.3, -0.25) is 9.59 Å². The molecule has 0 spiro atoms. The van der Waals surface area contributed by atoms with E-state index in [1.54, 1.807) is 6.20 Å². The molecule has 4 atom stereocenters. The summed E-state index contributed by atoms with van der Waals surface area (Å²) in [5.41, 5.74) is 4.37. The molecule has 0 radical (unpaired) electrons. The quantitative estimate of drug-likeness (QED) is 0.262. The van der Waals surface area contributed by atoms with Crippen molar-refractivity contribution < 1.29 is 19.1 Å². The Morgan fingerprint density at radius 3 is 2.62 bits per heavy atom. The standard InChI is InChI=1S/C38H49N5O4/c1-5-42(6-2)19-21-46-32-13-9-27(10-14-32)26(4)40-37(44)30-12-16-35(39-24-30)43-18-7-8-29-22-31(23-34(29)43)41-38(45)33-15-11-28-17-20-47-36(28)25(33)3/h9-16,24,26,29,31,34H,5-8,17-23H2,1-4H3,(H,40,44)(H,41,45)/t26-,29?,31?,34?/m0/s1. The highest BCUT2D eigenvalue weighted by molar-refractivity contribution is 5.97. The van der Waals surface area contributed by atoms with Gasteiger partial charge in [-0.15, -0.1) is 0 Å². The van der Waals surface area contributed by atoms with Gasteiger partial charge in [-0.2, -0.15) is 0 Å². The lowest BCUT2D eigenvalue weighted by atomic mass is 9.92. The molecule has 1 aromatic heterocycles. The summed E-state index contributed by atoms with van der Waals surface area (Å²) in [6.45, 7) is 13.5. The van der Waals surface area contributed by atoms with Gasteiger partial charge in [-0.1, -0.05) is 32.0 Å². The summed E-state index contributed by atoms with van der Waals surface area (Å²) in [4.78, 5) is 35.9. The zero-order valence-corrected chi connectivity index (χ0v) is 28.3. The third kappa shape index (κ3) is 7.40. The molecule has 1 saturated heterocycles. The Labute approximate surface area is 279 Å². The first-order chi connectivity index (χ1) is 22.8. The number of hydrogen-bond donors (Lipinski definition) is 2. The fraction of sp³-hybridized carbons (Fsp3) is 0.500. The monoisotopic (exact) mass is 639 g/mol. The number of anilines is 1. The first-order valence-corrected chi connectivity index (χ1v) is 17.4. The Morgan fingerprint density at radius 1 is 1.06 bits per heavy atom. The maximum absolute atomic E-state index is 13.3. The Morgan fingerprint density at radius 2 is 1.87 bits per heavy atom. The van der Waals surface area contributed by atoms with E-state index in [0.29, 0.717) is 36.3 Å². The van der Waals surface area contributed by atoms with Crippen molar-refractivity contribution in [3.8, 4) is 11.5 Å². The minimum absolute atomic E-state index is 0.0196. The normalized spacial score (nSPS) is 20.7. The number of nitrogens with one attached hydrogen (secondary N) is 2. The van der Waals surface area contributed by atoms with E-state index in [9.17, 15) is 9.59 Å². The van der Waals surface area contributed by atoms with Gasteiger partial charge in [0.05, 0.1) is 18.2 Å². The molecule has 2 amide bonds. The Kier molecular flexibility index (Phi) is 10.3. The number of amides is 2. The Hall–Kier alpha value is -4.11. The van der Waals surface area contributed by atoms with Crippen LogP contribution in [0.2, 0.25) is 0 Å². The zero-order valence-electron chi connectivity index (χ0n) is 28.3. The number of carbonyl (C=O) groups is 2. The van der Waals surface area contributed by atoms with E-state index in [0.717, 1.165) is 86.7 Å². The maximum Gasteiger partial charge on any atom is 0.253 e.